The summed E-state index contributed by atoms with van der Waals surface area (Å²) in [6, 6.07) is 1.99. The minimum Gasteiger partial charge on any atom is -0.379 e. The molecule has 0 saturated heterocycles. The van der Waals surface area contributed by atoms with Crippen molar-refractivity contribution in [1.82, 2.24) is 14.5 Å². The lowest BCUT2D eigenvalue weighted by molar-refractivity contribution is 0.103. The van der Waals surface area contributed by atoms with Gasteiger partial charge in [-0.05, 0) is 12.0 Å². The van der Waals surface area contributed by atoms with Gasteiger partial charge in [-0.3, -0.25) is 4.98 Å². The molecule has 2 rings (SSSR count). The van der Waals surface area contributed by atoms with E-state index >= 15 is 0 Å². The zero-order valence-corrected chi connectivity index (χ0v) is 12.2. The molecule has 0 amide bonds. The summed E-state index contributed by atoms with van der Waals surface area (Å²) in [6.07, 6.45) is 4.35. The number of imidazole rings is 1. The molecule has 0 radical (unpaired) electrons. The Bertz CT molecular complexity index is 524. The van der Waals surface area contributed by atoms with Gasteiger partial charge >= 0.3 is 0 Å². The minimum atomic E-state index is 0.561. The zero-order valence-electron chi connectivity index (χ0n) is 11.5. The average Bonchev–Trinajstić information content (AvgIpc) is 2.73. The van der Waals surface area contributed by atoms with E-state index in [1.54, 1.807) is 12.4 Å². The van der Waals surface area contributed by atoms with Crippen LogP contribution in [0.1, 0.15) is 19.7 Å². The second-order valence-electron chi connectivity index (χ2n) is 4.95. The SMILES string of the molecule is CC(C)COCCn1c(CCCl)nc2cnccc21. The third-order valence-corrected chi connectivity index (χ3v) is 3.05. The van der Waals surface area contributed by atoms with Crippen LogP contribution in [0.25, 0.3) is 11.0 Å². The van der Waals surface area contributed by atoms with Crippen molar-refractivity contribution in [2.24, 2.45) is 5.92 Å². The highest BCUT2D eigenvalue weighted by Crippen LogP contribution is 2.15. The predicted molar refractivity (Wildman–Crippen MR) is 77.6 cm³/mol. The summed E-state index contributed by atoms with van der Waals surface area (Å²) < 4.78 is 7.83. The molecule has 0 atom stereocenters. The van der Waals surface area contributed by atoms with Gasteiger partial charge in [0, 0.05) is 31.6 Å². The molecule has 4 nitrogen and oxygen atoms in total. The lowest BCUT2D eigenvalue weighted by atomic mass is 10.2. The van der Waals surface area contributed by atoms with Crippen molar-refractivity contribution in [2.45, 2.75) is 26.8 Å². The lowest BCUT2D eigenvalue weighted by Crippen LogP contribution is -2.12. The van der Waals surface area contributed by atoms with E-state index in [-0.39, 0.29) is 0 Å². The van der Waals surface area contributed by atoms with Gasteiger partial charge in [-0.1, -0.05) is 13.8 Å². The maximum Gasteiger partial charge on any atom is 0.111 e. The molecular formula is C14H20ClN3O. The normalized spacial score (nSPS) is 11.6. The maximum absolute atomic E-state index is 5.84. The molecule has 0 fully saturated rings. The van der Waals surface area contributed by atoms with E-state index in [0.29, 0.717) is 18.4 Å². The van der Waals surface area contributed by atoms with E-state index in [9.17, 15) is 0 Å². The Kier molecular flexibility index (Phi) is 5.16. The van der Waals surface area contributed by atoms with E-state index in [1.165, 1.54) is 0 Å². The summed E-state index contributed by atoms with van der Waals surface area (Å²) in [5.74, 6) is 2.14. The van der Waals surface area contributed by atoms with E-state index in [4.69, 9.17) is 16.3 Å². The van der Waals surface area contributed by atoms with Crippen molar-refractivity contribution in [1.29, 1.82) is 0 Å². The molecule has 0 spiro atoms. The van der Waals surface area contributed by atoms with Crippen molar-refractivity contribution in [3.63, 3.8) is 0 Å². The van der Waals surface area contributed by atoms with Crippen molar-refractivity contribution in [2.75, 3.05) is 19.1 Å². The van der Waals surface area contributed by atoms with Crippen molar-refractivity contribution >= 4 is 22.6 Å². The molecule has 5 heteroatoms. The Hall–Kier alpha value is -1.13. The molecule has 0 unspecified atom stereocenters. The van der Waals surface area contributed by atoms with Gasteiger partial charge in [0.2, 0.25) is 0 Å². The number of aromatic nitrogens is 3. The number of alkyl halides is 1. The standard InChI is InChI=1S/C14H20ClN3O/c1-11(2)10-19-8-7-18-13-4-6-16-9-12(13)17-14(18)3-5-15/h4,6,9,11H,3,5,7-8,10H2,1-2H3. The third kappa shape index (κ3) is 3.67. The van der Waals surface area contributed by atoms with E-state index in [0.717, 1.165) is 36.4 Å². The Morgan fingerprint density at radius 3 is 3.00 bits per heavy atom. The number of ether oxygens (including phenoxy) is 1. The molecule has 0 aromatic carbocycles. The van der Waals surface area contributed by atoms with Crippen molar-refractivity contribution in [3.8, 4) is 0 Å². The minimum absolute atomic E-state index is 0.561. The number of rotatable bonds is 7. The second-order valence-corrected chi connectivity index (χ2v) is 5.33. The largest absolute Gasteiger partial charge is 0.379 e. The van der Waals surface area contributed by atoms with Gasteiger partial charge in [0.15, 0.2) is 0 Å². The van der Waals surface area contributed by atoms with Crippen LogP contribution in [0.3, 0.4) is 0 Å². The molecule has 2 aromatic heterocycles. The highest BCUT2D eigenvalue weighted by molar-refractivity contribution is 6.17. The van der Waals surface area contributed by atoms with Crippen LogP contribution in [0.15, 0.2) is 18.5 Å². The lowest BCUT2D eigenvalue weighted by Gasteiger charge is -2.10. The molecule has 2 aromatic rings. The van der Waals surface area contributed by atoms with Crippen LogP contribution in [0.4, 0.5) is 0 Å². The Morgan fingerprint density at radius 1 is 1.42 bits per heavy atom. The van der Waals surface area contributed by atoms with Crippen LogP contribution >= 0.6 is 11.6 Å². The van der Waals surface area contributed by atoms with Gasteiger partial charge in [-0.15, -0.1) is 11.6 Å². The molecule has 0 aliphatic rings. The van der Waals surface area contributed by atoms with E-state index < -0.39 is 0 Å². The number of hydrogen-bond donors (Lipinski definition) is 0. The summed E-state index contributed by atoms with van der Waals surface area (Å²) in [7, 11) is 0. The zero-order chi connectivity index (χ0) is 13.7. The Balaban J connectivity index is 2.12. The van der Waals surface area contributed by atoms with Crippen LogP contribution in [0, 0.1) is 5.92 Å². The molecule has 0 aliphatic carbocycles. The Labute approximate surface area is 118 Å². The van der Waals surface area contributed by atoms with Crippen LogP contribution in [-0.4, -0.2) is 33.6 Å². The van der Waals surface area contributed by atoms with Crippen LogP contribution in [0.5, 0.6) is 0 Å². The van der Waals surface area contributed by atoms with E-state index in [1.807, 2.05) is 6.07 Å². The first-order valence-corrected chi connectivity index (χ1v) is 7.18. The molecule has 0 N–H and O–H groups in total. The molecule has 2 heterocycles. The van der Waals surface area contributed by atoms with Crippen LogP contribution < -0.4 is 0 Å². The molecule has 104 valence electrons. The van der Waals surface area contributed by atoms with Gasteiger partial charge in [0.05, 0.1) is 18.3 Å². The van der Waals surface area contributed by atoms with Crippen molar-refractivity contribution in [3.05, 3.63) is 24.3 Å². The fourth-order valence-corrected chi connectivity index (χ4v) is 2.20. The summed E-state index contributed by atoms with van der Waals surface area (Å²) in [5.41, 5.74) is 2.02. The average molecular weight is 282 g/mol. The summed E-state index contributed by atoms with van der Waals surface area (Å²) in [6.45, 7) is 6.59. The first-order chi connectivity index (χ1) is 9.22. The number of halogens is 1. The van der Waals surface area contributed by atoms with Crippen LogP contribution in [0.2, 0.25) is 0 Å². The van der Waals surface area contributed by atoms with Gasteiger partial charge in [0.1, 0.15) is 11.3 Å². The third-order valence-electron chi connectivity index (χ3n) is 2.86. The highest BCUT2D eigenvalue weighted by Gasteiger charge is 2.10. The first kappa shape index (κ1) is 14.3. The molecular weight excluding hydrogens is 262 g/mol. The molecule has 0 bridgehead atoms. The van der Waals surface area contributed by atoms with Gasteiger partial charge in [0.25, 0.3) is 0 Å². The first-order valence-electron chi connectivity index (χ1n) is 6.65. The number of aryl methyl sites for hydroxylation is 1. The topological polar surface area (TPSA) is 39.9 Å². The summed E-state index contributed by atoms with van der Waals surface area (Å²) in [4.78, 5) is 8.68. The smallest absolute Gasteiger partial charge is 0.111 e. The van der Waals surface area contributed by atoms with Gasteiger partial charge in [-0.2, -0.15) is 0 Å². The predicted octanol–water partition coefficient (Wildman–Crippen LogP) is 2.89. The van der Waals surface area contributed by atoms with Gasteiger partial charge in [-0.25, -0.2) is 4.98 Å². The number of fused-ring (bicyclic) bond motifs is 1. The fourth-order valence-electron chi connectivity index (χ4n) is 2.03. The monoisotopic (exact) mass is 281 g/mol. The maximum atomic E-state index is 5.84. The van der Waals surface area contributed by atoms with Crippen molar-refractivity contribution < 1.29 is 4.74 Å². The number of pyridine rings is 1. The fraction of sp³-hybridized carbons (Fsp3) is 0.571. The van der Waals surface area contributed by atoms with E-state index in [2.05, 4.69) is 28.4 Å². The molecule has 19 heavy (non-hydrogen) atoms. The number of nitrogens with zero attached hydrogens (tertiary/aromatic N) is 3. The second kappa shape index (κ2) is 6.87. The molecule has 0 aliphatic heterocycles. The summed E-state index contributed by atoms with van der Waals surface area (Å²) in [5, 5.41) is 0. The highest BCUT2D eigenvalue weighted by atomic mass is 35.5. The molecule has 0 saturated carbocycles. The number of hydrogen-bond acceptors (Lipinski definition) is 3. The quantitative estimate of drug-likeness (QED) is 0.579. The Morgan fingerprint density at radius 2 is 2.26 bits per heavy atom. The summed E-state index contributed by atoms with van der Waals surface area (Å²) >= 11 is 5.84. The van der Waals surface area contributed by atoms with Gasteiger partial charge < -0.3 is 9.30 Å². The van der Waals surface area contributed by atoms with Crippen LogP contribution in [-0.2, 0) is 17.7 Å².